The van der Waals surface area contributed by atoms with Crippen LogP contribution in [0.5, 0.6) is 0 Å². The number of pyridine rings is 1. The second-order valence-electron chi connectivity index (χ2n) is 3.08. The zero-order chi connectivity index (χ0) is 10.8. The van der Waals surface area contributed by atoms with Crippen molar-refractivity contribution in [3.05, 3.63) is 35.9 Å². The summed E-state index contributed by atoms with van der Waals surface area (Å²) < 4.78 is 1.46. The normalized spacial score (nSPS) is 10.2. The lowest BCUT2D eigenvalue weighted by Gasteiger charge is -1.96. The van der Waals surface area contributed by atoms with Gasteiger partial charge in [-0.2, -0.15) is 0 Å². The van der Waals surface area contributed by atoms with Crippen molar-refractivity contribution in [2.75, 3.05) is 5.73 Å². The van der Waals surface area contributed by atoms with Gasteiger partial charge in [-0.1, -0.05) is 5.21 Å². The van der Waals surface area contributed by atoms with E-state index in [2.05, 4.69) is 15.3 Å². The molecule has 0 fully saturated rings. The zero-order valence-electron chi connectivity index (χ0n) is 8.08. The Morgan fingerprint density at radius 3 is 2.73 bits per heavy atom. The van der Waals surface area contributed by atoms with E-state index in [0.717, 1.165) is 0 Å². The highest BCUT2D eigenvalue weighted by atomic mass is 16.1. The number of hydrogen-bond donors (Lipinski definition) is 1. The number of hydrogen-bond acceptors (Lipinski definition) is 5. The Hall–Kier alpha value is -2.24. The summed E-state index contributed by atoms with van der Waals surface area (Å²) in [5, 5.41) is 7.38. The van der Waals surface area contributed by atoms with E-state index in [1.165, 1.54) is 10.9 Å². The maximum absolute atomic E-state index is 11.8. The van der Waals surface area contributed by atoms with Gasteiger partial charge in [-0.15, -0.1) is 5.10 Å². The van der Waals surface area contributed by atoms with Crippen LogP contribution in [0.4, 0.5) is 5.69 Å². The van der Waals surface area contributed by atoms with E-state index >= 15 is 0 Å². The number of nitrogens with two attached hydrogens (primary N) is 1. The summed E-state index contributed by atoms with van der Waals surface area (Å²) in [7, 11) is 1.69. The molecule has 0 spiro atoms. The molecule has 0 saturated carbocycles. The smallest absolute Gasteiger partial charge is 0.233 e. The SMILES string of the molecule is Cn1cc(C(=O)c2ccc(N)cn2)nn1. The maximum atomic E-state index is 11.8. The molecule has 0 atom stereocenters. The van der Waals surface area contributed by atoms with Crippen LogP contribution in [0, 0.1) is 0 Å². The summed E-state index contributed by atoms with van der Waals surface area (Å²) in [6.07, 6.45) is 2.98. The van der Waals surface area contributed by atoms with Crippen molar-refractivity contribution in [2.24, 2.45) is 7.05 Å². The molecule has 0 saturated heterocycles. The van der Waals surface area contributed by atoms with E-state index < -0.39 is 0 Å². The first-order valence-corrected chi connectivity index (χ1v) is 4.29. The summed E-state index contributed by atoms with van der Waals surface area (Å²) in [5.41, 5.74) is 6.57. The van der Waals surface area contributed by atoms with E-state index in [-0.39, 0.29) is 11.5 Å². The highest BCUT2D eigenvalue weighted by Crippen LogP contribution is 2.06. The first-order valence-electron chi connectivity index (χ1n) is 4.29. The van der Waals surface area contributed by atoms with Crippen molar-refractivity contribution in [1.82, 2.24) is 20.0 Å². The fourth-order valence-corrected chi connectivity index (χ4v) is 1.12. The van der Waals surface area contributed by atoms with Crippen LogP contribution >= 0.6 is 0 Å². The van der Waals surface area contributed by atoms with Gasteiger partial charge < -0.3 is 5.73 Å². The lowest BCUT2D eigenvalue weighted by Crippen LogP contribution is -2.04. The molecular formula is C9H9N5O. The molecule has 0 aliphatic rings. The number of nitrogens with zero attached hydrogens (tertiary/aromatic N) is 4. The number of nitrogen functional groups attached to an aromatic ring is 1. The summed E-state index contributed by atoms with van der Waals surface area (Å²) in [5.74, 6) is -0.261. The Kier molecular flexibility index (Phi) is 2.17. The molecule has 2 heterocycles. The number of ketones is 1. The molecule has 6 nitrogen and oxygen atoms in total. The van der Waals surface area contributed by atoms with Gasteiger partial charge in [-0.3, -0.25) is 14.5 Å². The summed E-state index contributed by atoms with van der Waals surface area (Å²) in [6, 6.07) is 3.18. The average Bonchev–Trinajstić information content (AvgIpc) is 2.65. The van der Waals surface area contributed by atoms with E-state index in [0.29, 0.717) is 11.4 Å². The Labute approximate surface area is 85.7 Å². The second-order valence-corrected chi connectivity index (χ2v) is 3.08. The molecule has 76 valence electrons. The van der Waals surface area contributed by atoms with Gasteiger partial charge in [0.05, 0.1) is 18.1 Å². The molecule has 2 rings (SSSR count). The lowest BCUT2D eigenvalue weighted by molar-refractivity contribution is 0.102. The first-order chi connectivity index (χ1) is 7.16. The van der Waals surface area contributed by atoms with Crippen molar-refractivity contribution in [1.29, 1.82) is 0 Å². The number of rotatable bonds is 2. The van der Waals surface area contributed by atoms with Crippen molar-refractivity contribution in [2.45, 2.75) is 0 Å². The number of aryl methyl sites for hydroxylation is 1. The van der Waals surface area contributed by atoms with Crippen LogP contribution in [-0.4, -0.2) is 25.8 Å². The zero-order valence-corrected chi connectivity index (χ0v) is 8.08. The summed E-state index contributed by atoms with van der Waals surface area (Å²) >= 11 is 0. The van der Waals surface area contributed by atoms with Crippen LogP contribution in [-0.2, 0) is 7.05 Å². The number of anilines is 1. The van der Waals surface area contributed by atoms with Crippen LogP contribution < -0.4 is 5.73 Å². The van der Waals surface area contributed by atoms with E-state index in [1.807, 2.05) is 0 Å². The van der Waals surface area contributed by atoms with Gasteiger partial charge in [-0.25, -0.2) is 0 Å². The fraction of sp³-hybridized carbons (Fsp3) is 0.111. The van der Waals surface area contributed by atoms with Gasteiger partial charge in [0, 0.05) is 7.05 Å². The van der Waals surface area contributed by atoms with Gasteiger partial charge in [0.25, 0.3) is 0 Å². The predicted molar refractivity (Wildman–Crippen MR) is 53.1 cm³/mol. The van der Waals surface area contributed by atoms with Crippen LogP contribution in [0.15, 0.2) is 24.5 Å². The Morgan fingerprint density at radius 2 is 2.20 bits per heavy atom. The van der Waals surface area contributed by atoms with Crippen LogP contribution in [0.2, 0.25) is 0 Å². The lowest BCUT2D eigenvalue weighted by atomic mass is 10.2. The molecule has 0 aliphatic heterocycles. The third-order valence-corrected chi connectivity index (χ3v) is 1.85. The number of carbonyl (C=O) groups is 1. The average molecular weight is 203 g/mol. The van der Waals surface area contributed by atoms with Crippen LogP contribution in [0.3, 0.4) is 0 Å². The molecule has 0 bridgehead atoms. The molecule has 2 N–H and O–H groups in total. The minimum absolute atomic E-state index is 0.261. The van der Waals surface area contributed by atoms with Gasteiger partial charge in [0.15, 0.2) is 5.69 Å². The van der Waals surface area contributed by atoms with Crippen molar-refractivity contribution in [3.8, 4) is 0 Å². The molecule has 0 unspecified atom stereocenters. The summed E-state index contributed by atoms with van der Waals surface area (Å²) in [6.45, 7) is 0. The third-order valence-electron chi connectivity index (χ3n) is 1.85. The summed E-state index contributed by atoms with van der Waals surface area (Å²) in [4.78, 5) is 15.7. The molecule has 0 aromatic carbocycles. The van der Waals surface area contributed by atoms with Crippen LogP contribution in [0.1, 0.15) is 16.2 Å². The molecule has 2 aromatic heterocycles. The highest BCUT2D eigenvalue weighted by molar-refractivity contribution is 6.06. The molecule has 0 aliphatic carbocycles. The van der Waals surface area contributed by atoms with Gasteiger partial charge in [0.2, 0.25) is 5.78 Å². The monoisotopic (exact) mass is 203 g/mol. The standard InChI is InChI=1S/C9H9N5O/c1-14-5-8(12-13-14)9(15)7-3-2-6(10)4-11-7/h2-5H,10H2,1H3. The Bertz CT molecular complexity index is 487. The number of aromatic nitrogens is 4. The van der Waals surface area contributed by atoms with Gasteiger partial charge >= 0.3 is 0 Å². The maximum Gasteiger partial charge on any atom is 0.233 e. The number of carbonyl (C=O) groups excluding carboxylic acids is 1. The molecule has 0 radical (unpaired) electrons. The van der Waals surface area contributed by atoms with Gasteiger partial charge in [0.1, 0.15) is 5.69 Å². The van der Waals surface area contributed by atoms with Crippen molar-refractivity contribution >= 4 is 11.5 Å². The molecule has 0 amide bonds. The minimum Gasteiger partial charge on any atom is -0.397 e. The van der Waals surface area contributed by atoms with Crippen molar-refractivity contribution in [3.63, 3.8) is 0 Å². The minimum atomic E-state index is -0.261. The molecule has 6 heteroatoms. The predicted octanol–water partition coefficient (Wildman–Crippen LogP) is 0.0233. The molecule has 15 heavy (non-hydrogen) atoms. The van der Waals surface area contributed by atoms with Gasteiger partial charge in [-0.05, 0) is 12.1 Å². The Balaban J connectivity index is 2.32. The van der Waals surface area contributed by atoms with E-state index in [4.69, 9.17) is 5.73 Å². The molecule has 2 aromatic rings. The Morgan fingerprint density at radius 1 is 1.40 bits per heavy atom. The first kappa shape index (κ1) is 9.32. The fourth-order valence-electron chi connectivity index (χ4n) is 1.12. The topological polar surface area (TPSA) is 86.7 Å². The van der Waals surface area contributed by atoms with E-state index in [9.17, 15) is 4.79 Å². The molecular weight excluding hydrogens is 194 g/mol. The highest BCUT2D eigenvalue weighted by Gasteiger charge is 2.13. The van der Waals surface area contributed by atoms with Crippen molar-refractivity contribution < 1.29 is 4.79 Å². The third kappa shape index (κ3) is 1.83. The van der Waals surface area contributed by atoms with Crippen LogP contribution in [0.25, 0.3) is 0 Å². The van der Waals surface area contributed by atoms with E-state index in [1.54, 1.807) is 25.4 Å². The quantitative estimate of drug-likeness (QED) is 0.695. The largest absolute Gasteiger partial charge is 0.397 e. The second kappa shape index (κ2) is 3.49.